The zero-order valence-electron chi connectivity index (χ0n) is 11.8. The molecule has 0 spiro atoms. The average molecular weight is 267 g/mol. The van der Waals surface area contributed by atoms with Crippen molar-refractivity contribution in [1.82, 2.24) is 0 Å². The summed E-state index contributed by atoms with van der Waals surface area (Å²) in [6.07, 6.45) is 0.973. The molecule has 2 N–H and O–H groups in total. The summed E-state index contributed by atoms with van der Waals surface area (Å²) in [6.45, 7) is 6.08. The maximum absolute atomic E-state index is 13.3. The molecule has 0 fully saturated rings. The molecule has 1 aromatic carbocycles. The molecule has 19 heavy (non-hydrogen) atoms. The van der Waals surface area contributed by atoms with E-state index >= 15 is 0 Å². The summed E-state index contributed by atoms with van der Waals surface area (Å²) in [6, 6.07) is 4.60. The van der Waals surface area contributed by atoms with Gasteiger partial charge in [-0.15, -0.1) is 0 Å². The molecular formula is C15H22FNO2. The van der Waals surface area contributed by atoms with Gasteiger partial charge in [-0.25, -0.2) is 4.39 Å². The number of nitrogens with two attached hydrogens (primary N) is 1. The van der Waals surface area contributed by atoms with Crippen LogP contribution < -0.4 is 5.73 Å². The predicted molar refractivity (Wildman–Crippen MR) is 73.3 cm³/mol. The summed E-state index contributed by atoms with van der Waals surface area (Å²) >= 11 is 0. The predicted octanol–water partition coefficient (Wildman–Crippen LogP) is 2.59. The van der Waals surface area contributed by atoms with Gasteiger partial charge in [0.1, 0.15) is 5.82 Å². The number of carbonyl (C=O) groups is 1. The molecule has 0 saturated carbocycles. The third-order valence-corrected chi connectivity index (χ3v) is 3.62. The highest BCUT2D eigenvalue weighted by atomic mass is 19.1. The van der Waals surface area contributed by atoms with E-state index in [2.05, 4.69) is 0 Å². The van der Waals surface area contributed by atoms with Crippen molar-refractivity contribution < 1.29 is 13.9 Å². The number of aryl methyl sites for hydroxylation is 1. The Morgan fingerprint density at radius 2 is 2.11 bits per heavy atom. The first kappa shape index (κ1) is 15.6. The minimum atomic E-state index is -0.769. The Morgan fingerprint density at radius 1 is 1.42 bits per heavy atom. The summed E-state index contributed by atoms with van der Waals surface area (Å²) < 4.78 is 18.5. The zero-order chi connectivity index (χ0) is 14.5. The number of esters is 1. The van der Waals surface area contributed by atoms with E-state index in [4.69, 9.17) is 10.5 Å². The van der Waals surface area contributed by atoms with E-state index in [0.717, 1.165) is 11.1 Å². The van der Waals surface area contributed by atoms with E-state index in [-0.39, 0.29) is 18.3 Å². The third-order valence-electron chi connectivity index (χ3n) is 3.62. The molecule has 1 unspecified atom stereocenters. The standard InChI is InChI=1S/C15H22FNO2/c1-4-15(10-17,14(18)19-5-2)9-12-8-13(16)7-6-11(12)3/h6-8H,4-5,9-10,17H2,1-3H3. The van der Waals surface area contributed by atoms with Crippen LogP contribution in [0.3, 0.4) is 0 Å². The van der Waals surface area contributed by atoms with Crippen molar-refractivity contribution in [2.75, 3.05) is 13.2 Å². The molecule has 1 atom stereocenters. The zero-order valence-corrected chi connectivity index (χ0v) is 11.8. The number of hydrogen-bond acceptors (Lipinski definition) is 3. The van der Waals surface area contributed by atoms with Gasteiger partial charge in [0.25, 0.3) is 0 Å². The van der Waals surface area contributed by atoms with Crippen LogP contribution in [0.1, 0.15) is 31.4 Å². The Morgan fingerprint density at radius 3 is 2.63 bits per heavy atom. The van der Waals surface area contributed by atoms with Gasteiger partial charge in [-0.2, -0.15) is 0 Å². The van der Waals surface area contributed by atoms with Crippen LogP contribution in [0.5, 0.6) is 0 Å². The molecule has 1 aromatic rings. The highest BCUT2D eigenvalue weighted by Gasteiger charge is 2.37. The smallest absolute Gasteiger partial charge is 0.313 e. The van der Waals surface area contributed by atoms with Crippen molar-refractivity contribution in [3.05, 3.63) is 35.1 Å². The molecule has 0 saturated heterocycles. The minimum absolute atomic E-state index is 0.193. The van der Waals surface area contributed by atoms with Crippen molar-refractivity contribution in [3.63, 3.8) is 0 Å². The number of carbonyl (C=O) groups excluding carboxylic acids is 1. The fourth-order valence-corrected chi connectivity index (χ4v) is 2.12. The molecule has 0 aliphatic heterocycles. The van der Waals surface area contributed by atoms with Gasteiger partial charge in [0, 0.05) is 6.54 Å². The Kier molecular flexibility index (Phi) is 5.48. The largest absolute Gasteiger partial charge is 0.466 e. The molecule has 0 aliphatic rings. The maximum Gasteiger partial charge on any atom is 0.313 e. The Labute approximate surface area is 113 Å². The molecule has 3 nitrogen and oxygen atoms in total. The average Bonchev–Trinajstić information content (AvgIpc) is 2.40. The van der Waals surface area contributed by atoms with Crippen molar-refractivity contribution in [1.29, 1.82) is 0 Å². The first-order chi connectivity index (χ1) is 8.99. The van der Waals surface area contributed by atoms with Crippen LogP contribution in [-0.2, 0) is 16.0 Å². The first-order valence-corrected chi connectivity index (χ1v) is 6.61. The van der Waals surface area contributed by atoms with Crippen molar-refractivity contribution >= 4 is 5.97 Å². The topological polar surface area (TPSA) is 52.3 Å². The maximum atomic E-state index is 13.3. The van der Waals surface area contributed by atoms with Crippen LogP contribution in [0, 0.1) is 18.2 Å². The number of halogens is 1. The molecule has 1 rings (SSSR count). The Bertz CT molecular complexity index is 442. The van der Waals surface area contributed by atoms with E-state index in [9.17, 15) is 9.18 Å². The fraction of sp³-hybridized carbons (Fsp3) is 0.533. The van der Waals surface area contributed by atoms with Crippen LogP contribution in [0.25, 0.3) is 0 Å². The van der Waals surface area contributed by atoms with Gasteiger partial charge in [0.05, 0.1) is 12.0 Å². The van der Waals surface area contributed by atoms with Gasteiger partial charge in [-0.1, -0.05) is 13.0 Å². The Balaban J connectivity index is 3.07. The van der Waals surface area contributed by atoms with Gasteiger partial charge in [-0.05, 0) is 49.9 Å². The second-order valence-corrected chi connectivity index (χ2v) is 4.81. The molecule has 4 heteroatoms. The molecule has 0 aliphatic carbocycles. The van der Waals surface area contributed by atoms with Crippen molar-refractivity contribution in [2.45, 2.75) is 33.6 Å². The molecule has 0 amide bonds. The van der Waals surface area contributed by atoms with Crippen LogP contribution in [-0.4, -0.2) is 19.1 Å². The number of ether oxygens (including phenoxy) is 1. The number of hydrogen-bond donors (Lipinski definition) is 1. The quantitative estimate of drug-likeness (QED) is 0.806. The SMILES string of the molecule is CCOC(=O)C(CC)(CN)Cc1cc(F)ccc1C. The normalized spacial score (nSPS) is 13.9. The third kappa shape index (κ3) is 3.53. The monoisotopic (exact) mass is 267 g/mol. The second-order valence-electron chi connectivity index (χ2n) is 4.81. The molecule has 0 radical (unpaired) electrons. The highest BCUT2D eigenvalue weighted by molar-refractivity contribution is 5.77. The minimum Gasteiger partial charge on any atom is -0.466 e. The van der Waals surface area contributed by atoms with E-state index < -0.39 is 5.41 Å². The lowest BCUT2D eigenvalue weighted by Crippen LogP contribution is -2.41. The number of rotatable bonds is 6. The van der Waals surface area contributed by atoms with E-state index in [0.29, 0.717) is 19.4 Å². The van der Waals surface area contributed by atoms with Gasteiger partial charge in [0.15, 0.2) is 0 Å². The molecule has 0 aromatic heterocycles. The van der Waals surface area contributed by atoms with Crippen LogP contribution >= 0.6 is 0 Å². The summed E-state index contributed by atoms with van der Waals surface area (Å²) in [5.41, 5.74) is 6.78. The molecular weight excluding hydrogens is 245 g/mol. The van der Waals surface area contributed by atoms with Gasteiger partial charge >= 0.3 is 5.97 Å². The highest BCUT2D eigenvalue weighted by Crippen LogP contribution is 2.29. The van der Waals surface area contributed by atoms with Gasteiger partial charge in [0.2, 0.25) is 0 Å². The Hall–Kier alpha value is -1.42. The van der Waals surface area contributed by atoms with E-state index in [1.807, 2.05) is 13.8 Å². The van der Waals surface area contributed by atoms with Gasteiger partial charge in [-0.3, -0.25) is 4.79 Å². The van der Waals surface area contributed by atoms with Gasteiger partial charge < -0.3 is 10.5 Å². The molecule has 106 valence electrons. The fourth-order valence-electron chi connectivity index (χ4n) is 2.12. The number of benzene rings is 1. The van der Waals surface area contributed by atoms with Crippen molar-refractivity contribution in [3.8, 4) is 0 Å². The summed E-state index contributed by atoms with van der Waals surface area (Å²) in [7, 11) is 0. The van der Waals surface area contributed by atoms with Crippen LogP contribution in [0.4, 0.5) is 4.39 Å². The van der Waals surface area contributed by atoms with Crippen molar-refractivity contribution in [2.24, 2.45) is 11.1 Å². The van der Waals surface area contributed by atoms with E-state index in [1.165, 1.54) is 12.1 Å². The van der Waals surface area contributed by atoms with Crippen LogP contribution in [0.15, 0.2) is 18.2 Å². The lowest BCUT2D eigenvalue weighted by atomic mass is 9.78. The lowest BCUT2D eigenvalue weighted by molar-refractivity contribution is -0.155. The molecule has 0 heterocycles. The first-order valence-electron chi connectivity index (χ1n) is 6.61. The van der Waals surface area contributed by atoms with E-state index in [1.54, 1.807) is 13.0 Å². The summed E-state index contributed by atoms with van der Waals surface area (Å²) in [4.78, 5) is 12.1. The lowest BCUT2D eigenvalue weighted by Gasteiger charge is -2.29. The second kappa shape index (κ2) is 6.66. The van der Waals surface area contributed by atoms with Crippen LogP contribution in [0.2, 0.25) is 0 Å². The summed E-state index contributed by atoms with van der Waals surface area (Å²) in [5.74, 6) is -0.602. The molecule has 0 bridgehead atoms. The summed E-state index contributed by atoms with van der Waals surface area (Å²) in [5, 5.41) is 0.